The summed E-state index contributed by atoms with van der Waals surface area (Å²) in [5, 5.41) is 11.8. The molecule has 1 fully saturated rings. The highest BCUT2D eigenvalue weighted by atomic mass is 16.5. The van der Waals surface area contributed by atoms with Gasteiger partial charge in [0.25, 0.3) is 5.91 Å². The van der Waals surface area contributed by atoms with Gasteiger partial charge in [0.1, 0.15) is 6.10 Å². The first-order valence-electron chi connectivity index (χ1n) is 6.74. The molecule has 104 valence electrons. The van der Waals surface area contributed by atoms with Crippen molar-refractivity contribution in [2.45, 2.75) is 44.8 Å². The number of hydrogen-bond acceptors (Lipinski definition) is 4. The Bertz CT molecular complexity index is 428. The molecule has 0 bridgehead atoms. The summed E-state index contributed by atoms with van der Waals surface area (Å²) in [4.78, 5) is 16.0. The minimum Gasteiger partial charge on any atom is -0.474 e. The van der Waals surface area contributed by atoms with Crippen LogP contribution in [-0.2, 0) is 0 Å². The number of ether oxygens (including phenoxy) is 1. The predicted molar refractivity (Wildman–Crippen MR) is 71.1 cm³/mol. The first-order chi connectivity index (χ1) is 9.15. The highest BCUT2D eigenvalue weighted by molar-refractivity contribution is 5.94. The van der Waals surface area contributed by atoms with Crippen LogP contribution in [0.3, 0.4) is 0 Å². The lowest BCUT2D eigenvalue weighted by atomic mass is 10.2. The van der Waals surface area contributed by atoms with Crippen LogP contribution in [0, 0.1) is 0 Å². The molecule has 0 radical (unpaired) electrons. The van der Waals surface area contributed by atoms with Crippen LogP contribution in [0.2, 0.25) is 0 Å². The van der Waals surface area contributed by atoms with Crippen LogP contribution in [0.5, 0.6) is 5.88 Å². The maximum absolute atomic E-state index is 11.8. The second-order valence-corrected chi connectivity index (χ2v) is 4.97. The molecule has 1 aromatic rings. The zero-order valence-corrected chi connectivity index (χ0v) is 11.1. The quantitative estimate of drug-likeness (QED) is 0.845. The summed E-state index contributed by atoms with van der Waals surface area (Å²) in [5.74, 6) is 0.274. The summed E-state index contributed by atoms with van der Waals surface area (Å²) in [6.07, 6.45) is 5.74. The van der Waals surface area contributed by atoms with E-state index >= 15 is 0 Å². The van der Waals surface area contributed by atoms with Crippen molar-refractivity contribution in [3.63, 3.8) is 0 Å². The molecule has 0 saturated heterocycles. The van der Waals surface area contributed by atoms with Crippen molar-refractivity contribution in [3.8, 4) is 5.88 Å². The van der Waals surface area contributed by atoms with Crippen LogP contribution in [-0.4, -0.2) is 34.8 Å². The molecule has 1 atom stereocenters. The van der Waals surface area contributed by atoms with Gasteiger partial charge in [-0.2, -0.15) is 0 Å². The lowest BCUT2D eigenvalue weighted by molar-refractivity contribution is 0.0923. The zero-order valence-electron chi connectivity index (χ0n) is 11.1. The minimum absolute atomic E-state index is 0.223. The molecule has 1 saturated carbocycles. The second-order valence-electron chi connectivity index (χ2n) is 4.97. The maximum Gasteiger partial charge on any atom is 0.251 e. The van der Waals surface area contributed by atoms with Crippen molar-refractivity contribution in [1.82, 2.24) is 10.3 Å². The molecule has 1 amide bonds. The number of aliphatic hydroxyl groups excluding tert-OH is 1. The smallest absolute Gasteiger partial charge is 0.251 e. The van der Waals surface area contributed by atoms with E-state index in [0.717, 1.165) is 12.8 Å². The Labute approximate surface area is 113 Å². The molecule has 2 N–H and O–H groups in total. The average molecular weight is 264 g/mol. The number of pyridine rings is 1. The number of nitrogens with zero attached hydrogens (tertiary/aromatic N) is 1. The van der Waals surface area contributed by atoms with Crippen LogP contribution in [0.4, 0.5) is 0 Å². The van der Waals surface area contributed by atoms with Crippen LogP contribution < -0.4 is 10.1 Å². The SMILES string of the molecule is CC(O)CNC(=O)c1ccnc(OC2CCCC2)c1. The summed E-state index contributed by atoms with van der Waals surface area (Å²) in [7, 11) is 0. The van der Waals surface area contributed by atoms with E-state index in [9.17, 15) is 4.79 Å². The van der Waals surface area contributed by atoms with Crippen molar-refractivity contribution in [1.29, 1.82) is 0 Å². The highest BCUT2D eigenvalue weighted by Crippen LogP contribution is 2.23. The van der Waals surface area contributed by atoms with Gasteiger partial charge in [-0.05, 0) is 38.7 Å². The third-order valence-electron chi connectivity index (χ3n) is 3.14. The van der Waals surface area contributed by atoms with E-state index in [1.165, 1.54) is 12.8 Å². The summed E-state index contributed by atoms with van der Waals surface area (Å²) in [6.45, 7) is 1.86. The summed E-state index contributed by atoms with van der Waals surface area (Å²) in [5.41, 5.74) is 0.503. The number of carbonyl (C=O) groups excluding carboxylic acids is 1. The molecule has 0 aliphatic heterocycles. The molecule has 1 heterocycles. The van der Waals surface area contributed by atoms with Gasteiger partial charge in [-0.15, -0.1) is 0 Å². The Balaban J connectivity index is 1.95. The standard InChI is InChI=1S/C14H20N2O3/c1-10(17)9-16-14(18)11-6-7-15-13(8-11)19-12-4-2-3-5-12/h6-8,10,12,17H,2-5,9H2,1H3,(H,16,18). The Morgan fingerprint density at radius 3 is 3.00 bits per heavy atom. The lowest BCUT2D eigenvalue weighted by Crippen LogP contribution is -2.30. The molecule has 0 spiro atoms. The molecule has 1 unspecified atom stereocenters. The monoisotopic (exact) mass is 264 g/mol. The fraction of sp³-hybridized carbons (Fsp3) is 0.571. The van der Waals surface area contributed by atoms with E-state index in [2.05, 4.69) is 10.3 Å². The number of nitrogens with one attached hydrogen (secondary N) is 1. The molecular weight excluding hydrogens is 244 g/mol. The van der Waals surface area contributed by atoms with E-state index in [1.807, 2.05) is 0 Å². The summed E-state index contributed by atoms with van der Waals surface area (Å²) < 4.78 is 5.75. The van der Waals surface area contributed by atoms with Gasteiger partial charge >= 0.3 is 0 Å². The first-order valence-corrected chi connectivity index (χ1v) is 6.74. The van der Waals surface area contributed by atoms with E-state index in [-0.39, 0.29) is 18.6 Å². The Morgan fingerprint density at radius 2 is 2.32 bits per heavy atom. The van der Waals surface area contributed by atoms with Crippen molar-refractivity contribution >= 4 is 5.91 Å². The number of aromatic nitrogens is 1. The highest BCUT2D eigenvalue weighted by Gasteiger charge is 2.17. The van der Waals surface area contributed by atoms with Crippen molar-refractivity contribution in [2.75, 3.05) is 6.54 Å². The first kappa shape index (κ1) is 13.8. The molecule has 1 aliphatic rings. The number of aliphatic hydroxyl groups is 1. The van der Waals surface area contributed by atoms with Crippen molar-refractivity contribution in [2.24, 2.45) is 0 Å². The Morgan fingerprint density at radius 1 is 1.58 bits per heavy atom. The lowest BCUT2D eigenvalue weighted by Gasteiger charge is -2.13. The molecule has 0 aromatic carbocycles. The molecule has 5 nitrogen and oxygen atoms in total. The van der Waals surface area contributed by atoms with E-state index in [0.29, 0.717) is 11.4 Å². The van der Waals surface area contributed by atoms with E-state index in [4.69, 9.17) is 9.84 Å². The Kier molecular flexibility index (Phi) is 4.74. The number of carbonyl (C=O) groups is 1. The zero-order chi connectivity index (χ0) is 13.7. The van der Waals surface area contributed by atoms with Crippen LogP contribution in [0.15, 0.2) is 18.3 Å². The Hall–Kier alpha value is -1.62. The summed E-state index contributed by atoms with van der Waals surface area (Å²) >= 11 is 0. The van der Waals surface area contributed by atoms with Crippen LogP contribution >= 0.6 is 0 Å². The minimum atomic E-state index is -0.556. The van der Waals surface area contributed by atoms with Gasteiger partial charge in [-0.1, -0.05) is 0 Å². The predicted octanol–water partition coefficient (Wildman–Crippen LogP) is 1.51. The van der Waals surface area contributed by atoms with Gasteiger partial charge in [0.15, 0.2) is 0 Å². The van der Waals surface area contributed by atoms with Crippen molar-refractivity contribution < 1.29 is 14.6 Å². The van der Waals surface area contributed by atoms with Crippen molar-refractivity contribution in [3.05, 3.63) is 23.9 Å². The molecule has 2 rings (SSSR count). The number of rotatable bonds is 5. The van der Waals surface area contributed by atoms with Gasteiger partial charge < -0.3 is 15.2 Å². The van der Waals surface area contributed by atoms with E-state index < -0.39 is 6.10 Å². The van der Waals surface area contributed by atoms with Gasteiger partial charge in [-0.25, -0.2) is 4.98 Å². The van der Waals surface area contributed by atoms with Gasteiger partial charge in [0.05, 0.1) is 6.10 Å². The van der Waals surface area contributed by atoms with Crippen LogP contribution in [0.1, 0.15) is 43.0 Å². The topological polar surface area (TPSA) is 71.5 Å². The molecule has 19 heavy (non-hydrogen) atoms. The average Bonchev–Trinajstić information content (AvgIpc) is 2.89. The third kappa shape index (κ3) is 4.21. The number of amides is 1. The molecule has 5 heteroatoms. The fourth-order valence-corrected chi connectivity index (χ4v) is 2.13. The third-order valence-corrected chi connectivity index (χ3v) is 3.14. The second kappa shape index (κ2) is 6.52. The van der Waals surface area contributed by atoms with Gasteiger partial charge in [-0.3, -0.25) is 4.79 Å². The number of hydrogen-bond donors (Lipinski definition) is 2. The molecule has 1 aliphatic carbocycles. The van der Waals surface area contributed by atoms with Crippen LogP contribution in [0.25, 0.3) is 0 Å². The largest absolute Gasteiger partial charge is 0.474 e. The fourth-order valence-electron chi connectivity index (χ4n) is 2.13. The van der Waals surface area contributed by atoms with Gasteiger partial charge in [0, 0.05) is 24.4 Å². The van der Waals surface area contributed by atoms with Gasteiger partial charge in [0.2, 0.25) is 5.88 Å². The normalized spacial score (nSPS) is 17.2. The van der Waals surface area contributed by atoms with E-state index in [1.54, 1.807) is 25.3 Å². The molecular formula is C14H20N2O3. The molecule has 1 aromatic heterocycles. The maximum atomic E-state index is 11.8. The summed E-state index contributed by atoms with van der Waals surface area (Å²) in [6, 6.07) is 3.29.